The van der Waals surface area contributed by atoms with Gasteiger partial charge in [0.25, 0.3) is 0 Å². The Bertz CT molecular complexity index is 725. The van der Waals surface area contributed by atoms with Crippen LogP contribution in [0.5, 0.6) is 0 Å². The first kappa shape index (κ1) is 12.5. The highest BCUT2D eigenvalue weighted by molar-refractivity contribution is 5.75. The Morgan fingerprint density at radius 2 is 2.10 bits per heavy atom. The highest BCUT2D eigenvalue weighted by atomic mass is 15.1. The van der Waals surface area contributed by atoms with E-state index in [-0.39, 0.29) is 0 Å². The third kappa shape index (κ3) is 2.20. The number of imidazole rings is 1. The van der Waals surface area contributed by atoms with Gasteiger partial charge in [0.05, 0.1) is 28.7 Å². The number of hydrogen-bond acceptors (Lipinski definition) is 3. The number of nitrogens with two attached hydrogens (primary N) is 1. The van der Waals surface area contributed by atoms with Gasteiger partial charge in [0.2, 0.25) is 0 Å². The van der Waals surface area contributed by atoms with E-state index in [0.29, 0.717) is 0 Å². The molecular formula is C16H18N4. The molecule has 0 atom stereocenters. The number of benzene rings is 2. The molecule has 3 aromatic rings. The lowest BCUT2D eigenvalue weighted by atomic mass is 10.1. The molecule has 1 heterocycles. The van der Waals surface area contributed by atoms with E-state index in [1.54, 1.807) is 6.33 Å². The van der Waals surface area contributed by atoms with Crippen molar-refractivity contribution in [2.24, 2.45) is 0 Å². The second kappa shape index (κ2) is 4.89. The maximum atomic E-state index is 6.09. The molecule has 0 spiro atoms. The molecule has 0 bridgehead atoms. The largest absolute Gasteiger partial charge is 0.397 e. The van der Waals surface area contributed by atoms with Gasteiger partial charge in [0.1, 0.15) is 0 Å². The van der Waals surface area contributed by atoms with Crippen molar-refractivity contribution in [1.82, 2.24) is 9.97 Å². The number of anilines is 2. The summed E-state index contributed by atoms with van der Waals surface area (Å²) in [7, 11) is 2.07. The molecular weight excluding hydrogens is 248 g/mol. The van der Waals surface area contributed by atoms with Gasteiger partial charge in [-0.15, -0.1) is 0 Å². The molecule has 20 heavy (non-hydrogen) atoms. The van der Waals surface area contributed by atoms with Gasteiger partial charge in [-0.3, -0.25) is 0 Å². The Morgan fingerprint density at radius 1 is 1.25 bits per heavy atom. The third-order valence-corrected chi connectivity index (χ3v) is 3.56. The van der Waals surface area contributed by atoms with Crippen molar-refractivity contribution in [3.8, 4) is 0 Å². The molecule has 0 aliphatic carbocycles. The number of nitrogen functional groups attached to an aromatic ring is 1. The molecule has 3 rings (SSSR count). The predicted octanol–water partition coefficient (Wildman–Crippen LogP) is 3.09. The number of nitrogens with one attached hydrogen (secondary N) is 1. The lowest BCUT2D eigenvalue weighted by Gasteiger charge is -2.23. The normalized spacial score (nSPS) is 10.9. The molecule has 0 aliphatic rings. The van der Waals surface area contributed by atoms with Crippen LogP contribution in [0.15, 0.2) is 42.7 Å². The van der Waals surface area contributed by atoms with Crippen molar-refractivity contribution < 1.29 is 0 Å². The lowest BCUT2D eigenvalue weighted by molar-refractivity contribution is 0.920. The van der Waals surface area contributed by atoms with E-state index >= 15 is 0 Å². The summed E-state index contributed by atoms with van der Waals surface area (Å²) in [5.74, 6) is 0. The van der Waals surface area contributed by atoms with E-state index in [1.807, 2.05) is 18.2 Å². The minimum atomic E-state index is 0.810. The Hall–Kier alpha value is -2.49. The molecule has 4 heteroatoms. The van der Waals surface area contributed by atoms with Crippen molar-refractivity contribution in [3.63, 3.8) is 0 Å². The number of para-hydroxylation sites is 1. The summed E-state index contributed by atoms with van der Waals surface area (Å²) in [6, 6.07) is 12.3. The fourth-order valence-corrected chi connectivity index (χ4v) is 2.64. The molecule has 0 amide bonds. The monoisotopic (exact) mass is 266 g/mol. The number of rotatable bonds is 3. The summed E-state index contributed by atoms with van der Waals surface area (Å²) in [5, 5.41) is 0. The number of aryl methyl sites for hydroxylation is 1. The third-order valence-electron chi connectivity index (χ3n) is 3.56. The van der Waals surface area contributed by atoms with Crippen molar-refractivity contribution in [1.29, 1.82) is 0 Å². The zero-order valence-corrected chi connectivity index (χ0v) is 11.7. The van der Waals surface area contributed by atoms with Crippen LogP contribution in [0.3, 0.4) is 0 Å². The van der Waals surface area contributed by atoms with Crippen LogP contribution < -0.4 is 10.6 Å². The van der Waals surface area contributed by atoms with Crippen molar-refractivity contribution in [2.75, 3.05) is 17.7 Å². The Labute approximate surface area is 118 Å². The van der Waals surface area contributed by atoms with Gasteiger partial charge >= 0.3 is 0 Å². The first-order valence-corrected chi connectivity index (χ1v) is 6.63. The fourth-order valence-electron chi connectivity index (χ4n) is 2.64. The lowest BCUT2D eigenvalue weighted by Crippen LogP contribution is -2.18. The molecule has 0 saturated heterocycles. The van der Waals surface area contributed by atoms with E-state index < -0.39 is 0 Å². The van der Waals surface area contributed by atoms with Crippen LogP contribution >= 0.6 is 0 Å². The minimum absolute atomic E-state index is 0.810. The average molecular weight is 266 g/mol. The molecule has 0 unspecified atom stereocenters. The number of fused-ring (bicyclic) bond motifs is 1. The number of aromatic nitrogens is 2. The predicted molar refractivity (Wildman–Crippen MR) is 83.8 cm³/mol. The summed E-state index contributed by atoms with van der Waals surface area (Å²) in [6.45, 7) is 2.89. The van der Waals surface area contributed by atoms with E-state index in [4.69, 9.17) is 5.73 Å². The SMILES string of the molecule is Cc1cccc(N)c1N(C)Cc1ccc2nc[nH]c2c1. The Morgan fingerprint density at radius 3 is 2.90 bits per heavy atom. The zero-order chi connectivity index (χ0) is 14.1. The fraction of sp³-hybridized carbons (Fsp3) is 0.188. The second-order valence-corrected chi connectivity index (χ2v) is 5.12. The van der Waals surface area contributed by atoms with Crippen LogP contribution in [0, 0.1) is 6.92 Å². The Kier molecular flexibility index (Phi) is 3.06. The van der Waals surface area contributed by atoms with Crippen LogP contribution in [0.25, 0.3) is 11.0 Å². The van der Waals surface area contributed by atoms with E-state index in [1.165, 1.54) is 11.1 Å². The summed E-state index contributed by atoms with van der Waals surface area (Å²) in [6.07, 6.45) is 1.72. The van der Waals surface area contributed by atoms with Crippen LogP contribution in [-0.4, -0.2) is 17.0 Å². The molecule has 0 aliphatic heterocycles. The molecule has 0 saturated carbocycles. The number of aromatic amines is 1. The van der Waals surface area contributed by atoms with E-state index in [9.17, 15) is 0 Å². The van der Waals surface area contributed by atoms with Gasteiger partial charge in [0, 0.05) is 13.6 Å². The smallest absolute Gasteiger partial charge is 0.0931 e. The van der Waals surface area contributed by atoms with Gasteiger partial charge in [-0.1, -0.05) is 18.2 Å². The quantitative estimate of drug-likeness (QED) is 0.716. The molecule has 102 valence electrons. The van der Waals surface area contributed by atoms with E-state index in [0.717, 1.165) is 29.0 Å². The maximum Gasteiger partial charge on any atom is 0.0931 e. The first-order valence-electron chi connectivity index (χ1n) is 6.63. The molecule has 0 fully saturated rings. The highest BCUT2D eigenvalue weighted by Gasteiger charge is 2.09. The maximum absolute atomic E-state index is 6.09. The summed E-state index contributed by atoms with van der Waals surface area (Å²) in [4.78, 5) is 9.56. The van der Waals surface area contributed by atoms with Crippen LogP contribution in [0.1, 0.15) is 11.1 Å². The van der Waals surface area contributed by atoms with E-state index in [2.05, 4.69) is 47.0 Å². The number of H-pyrrole nitrogens is 1. The van der Waals surface area contributed by atoms with Crippen molar-refractivity contribution in [3.05, 3.63) is 53.9 Å². The summed E-state index contributed by atoms with van der Waals surface area (Å²) < 4.78 is 0. The van der Waals surface area contributed by atoms with Crippen LogP contribution in [-0.2, 0) is 6.54 Å². The molecule has 2 aromatic carbocycles. The van der Waals surface area contributed by atoms with Crippen molar-refractivity contribution >= 4 is 22.4 Å². The molecule has 3 N–H and O–H groups in total. The molecule has 4 nitrogen and oxygen atoms in total. The standard InChI is InChI=1S/C16H18N4/c1-11-4-3-5-13(17)16(11)20(2)9-12-6-7-14-15(8-12)19-10-18-14/h3-8,10H,9,17H2,1-2H3,(H,18,19). The van der Waals surface area contributed by atoms with Crippen LogP contribution in [0.4, 0.5) is 11.4 Å². The van der Waals surface area contributed by atoms with Gasteiger partial charge in [-0.25, -0.2) is 4.98 Å². The second-order valence-electron chi connectivity index (χ2n) is 5.12. The highest BCUT2D eigenvalue weighted by Crippen LogP contribution is 2.27. The average Bonchev–Trinajstić information content (AvgIpc) is 2.85. The first-order chi connectivity index (χ1) is 9.65. The van der Waals surface area contributed by atoms with Gasteiger partial charge < -0.3 is 15.6 Å². The zero-order valence-electron chi connectivity index (χ0n) is 11.7. The van der Waals surface area contributed by atoms with Gasteiger partial charge in [0.15, 0.2) is 0 Å². The van der Waals surface area contributed by atoms with Crippen LogP contribution in [0.2, 0.25) is 0 Å². The topological polar surface area (TPSA) is 57.9 Å². The number of nitrogens with zero attached hydrogens (tertiary/aromatic N) is 2. The summed E-state index contributed by atoms with van der Waals surface area (Å²) in [5.41, 5.74) is 12.5. The summed E-state index contributed by atoms with van der Waals surface area (Å²) >= 11 is 0. The van der Waals surface area contributed by atoms with Gasteiger partial charge in [-0.05, 0) is 36.2 Å². The molecule has 0 radical (unpaired) electrons. The van der Waals surface area contributed by atoms with Gasteiger partial charge in [-0.2, -0.15) is 0 Å². The minimum Gasteiger partial charge on any atom is -0.397 e. The van der Waals surface area contributed by atoms with Crippen molar-refractivity contribution in [2.45, 2.75) is 13.5 Å². The Balaban J connectivity index is 1.90. The number of hydrogen-bond donors (Lipinski definition) is 2. The molecule has 1 aromatic heterocycles.